The van der Waals surface area contributed by atoms with Gasteiger partial charge < -0.3 is 9.88 Å². The van der Waals surface area contributed by atoms with Crippen molar-refractivity contribution in [2.45, 2.75) is 40.4 Å². The third kappa shape index (κ3) is 3.07. The van der Waals surface area contributed by atoms with Crippen molar-refractivity contribution in [3.63, 3.8) is 0 Å². The summed E-state index contributed by atoms with van der Waals surface area (Å²) in [6.07, 6.45) is 0. The lowest BCUT2D eigenvalue weighted by molar-refractivity contribution is 0.560. The number of benzene rings is 1. The van der Waals surface area contributed by atoms with Gasteiger partial charge in [0.2, 0.25) is 0 Å². The van der Waals surface area contributed by atoms with Crippen molar-refractivity contribution in [2.24, 2.45) is 0 Å². The second kappa shape index (κ2) is 6.18. The lowest BCUT2D eigenvalue weighted by atomic mass is 10.2. The lowest BCUT2D eigenvalue weighted by Gasteiger charge is -2.08. The van der Waals surface area contributed by atoms with Gasteiger partial charge in [-0.15, -0.1) is 0 Å². The molecule has 2 nitrogen and oxygen atoms in total. The minimum Gasteiger partial charge on any atom is -0.349 e. The molecule has 0 amide bonds. The van der Waals surface area contributed by atoms with E-state index in [-0.39, 0.29) is 0 Å². The fraction of sp³-hybridized carbons (Fsp3) is 0.375. The number of hydrogen-bond donors (Lipinski definition) is 1. The molecule has 1 N–H and O–H groups in total. The molecule has 1 heterocycles. The summed E-state index contributed by atoms with van der Waals surface area (Å²) in [4.78, 5) is 0. The van der Waals surface area contributed by atoms with E-state index in [1.165, 1.54) is 29.1 Å². The van der Waals surface area contributed by atoms with Gasteiger partial charge in [-0.2, -0.15) is 0 Å². The molecule has 108 valence electrons. The van der Waals surface area contributed by atoms with Crippen molar-refractivity contribution < 1.29 is 8.78 Å². The van der Waals surface area contributed by atoms with E-state index in [1.807, 2.05) is 0 Å². The van der Waals surface area contributed by atoms with Gasteiger partial charge in [-0.25, -0.2) is 8.78 Å². The number of aryl methyl sites for hydroxylation is 1. The number of nitrogens with one attached hydrogen (secondary N) is 1. The van der Waals surface area contributed by atoms with Crippen LogP contribution in [0.15, 0.2) is 24.3 Å². The lowest BCUT2D eigenvalue weighted by Crippen LogP contribution is -2.14. The summed E-state index contributed by atoms with van der Waals surface area (Å²) in [5, 5.41) is 3.21. The van der Waals surface area contributed by atoms with Crippen LogP contribution in [0.25, 0.3) is 0 Å². The topological polar surface area (TPSA) is 17.0 Å². The molecule has 0 aliphatic heterocycles. The minimum absolute atomic E-state index is 0.391. The number of hydrogen-bond acceptors (Lipinski definition) is 1. The molecule has 1 aromatic heterocycles. The second-order valence-corrected chi connectivity index (χ2v) is 4.98. The molecule has 20 heavy (non-hydrogen) atoms. The fourth-order valence-electron chi connectivity index (χ4n) is 2.53. The molecule has 0 spiro atoms. The molecule has 4 heteroatoms. The molecule has 0 radical (unpaired) electrons. The van der Waals surface area contributed by atoms with Crippen LogP contribution in [0.3, 0.4) is 0 Å². The molecule has 2 aromatic rings. The van der Waals surface area contributed by atoms with Crippen LogP contribution in [0.1, 0.15) is 29.4 Å². The monoisotopic (exact) mass is 278 g/mol. The van der Waals surface area contributed by atoms with Gasteiger partial charge >= 0.3 is 0 Å². The first kappa shape index (κ1) is 14.7. The Morgan fingerprint density at radius 2 is 1.75 bits per heavy atom. The van der Waals surface area contributed by atoms with Crippen molar-refractivity contribution in [1.29, 1.82) is 0 Å². The van der Waals surface area contributed by atoms with Crippen molar-refractivity contribution >= 4 is 0 Å². The molecule has 0 saturated heterocycles. The largest absolute Gasteiger partial charge is 0.349 e. The summed E-state index contributed by atoms with van der Waals surface area (Å²) in [6, 6.07) is 5.82. The van der Waals surface area contributed by atoms with Crippen molar-refractivity contribution in [2.75, 3.05) is 0 Å². The summed E-state index contributed by atoms with van der Waals surface area (Å²) < 4.78 is 28.6. The van der Waals surface area contributed by atoms with Gasteiger partial charge in [0.15, 0.2) is 0 Å². The Kier molecular flexibility index (Phi) is 4.55. The van der Waals surface area contributed by atoms with E-state index in [0.717, 1.165) is 12.6 Å². The number of rotatable bonds is 5. The zero-order valence-electron chi connectivity index (χ0n) is 12.1. The summed E-state index contributed by atoms with van der Waals surface area (Å²) in [7, 11) is 0. The maximum absolute atomic E-state index is 13.5. The Labute approximate surface area is 118 Å². The molecule has 0 bridgehead atoms. The van der Waals surface area contributed by atoms with Crippen LogP contribution in [0.4, 0.5) is 8.78 Å². The van der Waals surface area contributed by atoms with E-state index in [0.29, 0.717) is 18.7 Å². The van der Waals surface area contributed by atoms with E-state index in [9.17, 15) is 8.78 Å². The smallest absolute Gasteiger partial charge is 0.130 e. The third-order valence-electron chi connectivity index (χ3n) is 3.64. The average Bonchev–Trinajstić information content (AvgIpc) is 2.67. The van der Waals surface area contributed by atoms with Crippen LogP contribution in [0, 0.1) is 25.5 Å². The summed E-state index contributed by atoms with van der Waals surface area (Å²) >= 11 is 0. The fourth-order valence-corrected chi connectivity index (χ4v) is 2.53. The highest BCUT2D eigenvalue weighted by atomic mass is 19.1. The Bertz CT molecular complexity index is 603. The van der Waals surface area contributed by atoms with E-state index in [2.05, 4.69) is 36.7 Å². The zero-order valence-corrected chi connectivity index (χ0v) is 12.1. The van der Waals surface area contributed by atoms with E-state index >= 15 is 0 Å². The first-order valence-corrected chi connectivity index (χ1v) is 6.83. The Hall–Kier alpha value is -1.68. The average molecular weight is 278 g/mol. The van der Waals surface area contributed by atoms with E-state index < -0.39 is 11.6 Å². The molecule has 0 unspecified atom stereocenters. The quantitative estimate of drug-likeness (QED) is 0.882. The van der Waals surface area contributed by atoms with Crippen LogP contribution in [-0.4, -0.2) is 4.57 Å². The van der Waals surface area contributed by atoms with Crippen LogP contribution in [-0.2, 0) is 19.6 Å². The van der Waals surface area contributed by atoms with Gasteiger partial charge in [-0.3, -0.25) is 0 Å². The van der Waals surface area contributed by atoms with Crippen LogP contribution in [0.5, 0.6) is 0 Å². The molecule has 0 atom stereocenters. The van der Waals surface area contributed by atoms with Crippen LogP contribution in [0.2, 0.25) is 0 Å². The highest BCUT2D eigenvalue weighted by molar-refractivity contribution is 5.27. The van der Waals surface area contributed by atoms with Gasteiger partial charge in [0.25, 0.3) is 0 Å². The van der Waals surface area contributed by atoms with Gasteiger partial charge in [0.05, 0.1) is 0 Å². The molecule has 1 aromatic carbocycles. The van der Waals surface area contributed by atoms with Gasteiger partial charge in [0.1, 0.15) is 11.6 Å². The highest BCUT2D eigenvalue weighted by Gasteiger charge is 2.08. The van der Waals surface area contributed by atoms with Crippen LogP contribution >= 0.6 is 0 Å². The predicted molar refractivity (Wildman–Crippen MR) is 76.5 cm³/mol. The Balaban J connectivity index is 1.99. The first-order valence-electron chi connectivity index (χ1n) is 6.83. The van der Waals surface area contributed by atoms with Crippen molar-refractivity contribution in [3.8, 4) is 0 Å². The van der Waals surface area contributed by atoms with Crippen LogP contribution < -0.4 is 5.32 Å². The standard InChI is InChI=1S/C16H20F2N2/c1-4-20-11(2)7-14(12(20)3)10-19-9-13-5-6-15(17)8-16(13)18/h5-8,19H,4,9-10H2,1-3H3. The Morgan fingerprint density at radius 3 is 2.35 bits per heavy atom. The van der Waals surface area contributed by atoms with Crippen molar-refractivity contribution in [1.82, 2.24) is 9.88 Å². The maximum atomic E-state index is 13.5. The maximum Gasteiger partial charge on any atom is 0.130 e. The Morgan fingerprint density at radius 1 is 1.05 bits per heavy atom. The van der Waals surface area contributed by atoms with Gasteiger partial charge in [-0.05, 0) is 38.5 Å². The normalized spacial score (nSPS) is 11.1. The molecule has 2 rings (SSSR count). The second-order valence-electron chi connectivity index (χ2n) is 4.98. The molecule has 0 aliphatic carbocycles. The summed E-state index contributed by atoms with van der Waals surface area (Å²) in [6.45, 7) is 8.30. The predicted octanol–water partition coefficient (Wildman–Crippen LogP) is 3.69. The zero-order chi connectivity index (χ0) is 14.7. The molecular weight excluding hydrogens is 258 g/mol. The highest BCUT2D eigenvalue weighted by Crippen LogP contribution is 2.15. The molecular formula is C16H20F2N2. The number of aromatic nitrogens is 1. The molecule has 0 saturated carbocycles. The third-order valence-corrected chi connectivity index (χ3v) is 3.64. The van der Waals surface area contributed by atoms with Gasteiger partial charge in [-0.1, -0.05) is 6.07 Å². The van der Waals surface area contributed by atoms with Gasteiger partial charge in [0, 0.05) is 42.7 Å². The SMILES string of the molecule is CCn1c(C)cc(CNCc2ccc(F)cc2F)c1C. The first-order chi connectivity index (χ1) is 9.52. The molecule has 0 aliphatic rings. The minimum atomic E-state index is -0.544. The van der Waals surface area contributed by atoms with Crippen molar-refractivity contribution in [3.05, 3.63) is 58.4 Å². The molecule has 0 fully saturated rings. The summed E-state index contributed by atoms with van der Waals surface area (Å²) in [5.74, 6) is -1.05. The van der Waals surface area contributed by atoms with E-state index in [1.54, 1.807) is 0 Å². The number of nitrogens with zero attached hydrogens (tertiary/aromatic N) is 1. The summed E-state index contributed by atoms with van der Waals surface area (Å²) in [5.41, 5.74) is 4.16. The number of halogens is 2. The van der Waals surface area contributed by atoms with E-state index in [4.69, 9.17) is 0 Å².